The van der Waals surface area contributed by atoms with Crippen LogP contribution < -0.4 is 29.5 Å². The molecule has 0 radical (unpaired) electrons. The van der Waals surface area contributed by atoms with E-state index in [1.54, 1.807) is 30.4 Å². The molecule has 7 heteroatoms. The number of amides is 1. The minimum absolute atomic E-state index is 0.252. The lowest BCUT2D eigenvalue weighted by molar-refractivity contribution is -0.110. The molecule has 0 atom stereocenters. The van der Waals surface area contributed by atoms with Crippen molar-refractivity contribution in [3.05, 3.63) is 86.3 Å². The van der Waals surface area contributed by atoms with Gasteiger partial charge in [0.25, 0.3) is 11.5 Å². The Hall–Kier alpha value is -3.58. The molecule has 2 N–H and O–H groups in total. The van der Waals surface area contributed by atoms with Gasteiger partial charge < -0.3 is 19.8 Å². The minimum atomic E-state index is -0.359. The molecule has 0 aliphatic carbocycles. The van der Waals surface area contributed by atoms with E-state index in [0.29, 0.717) is 27.2 Å². The number of H-pyrrole nitrogens is 1. The fourth-order valence-electron chi connectivity index (χ4n) is 2.53. The molecule has 29 heavy (non-hydrogen) atoms. The maximum atomic E-state index is 12.3. The van der Waals surface area contributed by atoms with Crippen molar-refractivity contribution in [3.63, 3.8) is 0 Å². The Kier molecular flexibility index (Phi) is 6.65. The van der Waals surface area contributed by atoms with E-state index in [1.165, 1.54) is 24.5 Å². The fraction of sp³-hybridized carbons (Fsp3) is 0.0909. The van der Waals surface area contributed by atoms with Crippen LogP contribution in [0.15, 0.2) is 66.0 Å². The number of hydrogen-bond acceptors (Lipinski definition) is 5. The van der Waals surface area contributed by atoms with Crippen molar-refractivity contribution < 1.29 is 14.3 Å². The summed E-state index contributed by atoms with van der Waals surface area (Å²) >= 11 is 1.21. The van der Waals surface area contributed by atoms with Crippen LogP contribution in [0.5, 0.6) is 11.5 Å². The highest BCUT2D eigenvalue weighted by Crippen LogP contribution is 2.22. The van der Waals surface area contributed by atoms with Crippen molar-refractivity contribution in [1.82, 2.24) is 4.98 Å². The molecule has 0 unspecified atom stereocenters. The van der Waals surface area contributed by atoms with Crippen LogP contribution in [0.2, 0.25) is 0 Å². The van der Waals surface area contributed by atoms with Gasteiger partial charge in [0, 0.05) is 6.08 Å². The lowest BCUT2D eigenvalue weighted by atomic mass is 10.2. The molecule has 0 aliphatic heterocycles. The first-order valence-electron chi connectivity index (χ1n) is 8.79. The van der Waals surface area contributed by atoms with Crippen LogP contribution in [0.3, 0.4) is 0 Å². The predicted molar refractivity (Wildman–Crippen MR) is 116 cm³/mol. The number of carbonyl (C=O) groups excluding carboxylic acids is 1. The number of nitrogens with one attached hydrogen (secondary N) is 2. The van der Waals surface area contributed by atoms with E-state index in [0.717, 1.165) is 11.3 Å². The summed E-state index contributed by atoms with van der Waals surface area (Å²) in [4.78, 5) is 27.2. The summed E-state index contributed by atoms with van der Waals surface area (Å²) < 4.78 is 11.6. The summed E-state index contributed by atoms with van der Waals surface area (Å²) in [5.41, 5.74) is 1.16. The molecule has 0 saturated carbocycles. The third-order valence-electron chi connectivity index (χ3n) is 3.85. The van der Waals surface area contributed by atoms with Gasteiger partial charge in [-0.2, -0.15) is 0 Å². The molecule has 1 amide bonds. The van der Waals surface area contributed by atoms with E-state index < -0.39 is 0 Å². The Morgan fingerprint density at radius 1 is 1.21 bits per heavy atom. The van der Waals surface area contributed by atoms with E-state index in [1.807, 2.05) is 30.3 Å². The van der Waals surface area contributed by atoms with Crippen molar-refractivity contribution >= 4 is 35.1 Å². The first-order chi connectivity index (χ1) is 14.1. The van der Waals surface area contributed by atoms with Gasteiger partial charge in [-0.3, -0.25) is 9.59 Å². The van der Waals surface area contributed by atoms with Crippen molar-refractivity contribution in [2.24, 2.45) is 0 Å². The molecule has 6 nitrogen and oxygen atoms in total. The average Bonchev–Trinajstić information content (AvgIpc) is 3.06. The number of carbonyl (C=O) groups is 1. The number of aromatic amines is 1. The van der Waals surface area contributed by atoms with E-state index in [2.05, 4.69) is 16.9 Å². The zero-order chi connectivity index (χ0) is 20.6. The average molecular weight is 408 g/mol. The Bertz CT molecular complexity index is 1180. The Morgan fingerprint density at radius 3 is 2.69 bits per heavy atom. The second kappa shape index (κ2) is 9.57. The molecule has 1 heterocycles. The maximum absolute atomic E-state index is 12.3. The highest BCUT2D eigenvalue weighted by atomic mass is 32.1. The Labute approximate surface area is 171 Å². The van der Waals surface area contributed by atoms with Crippen LogP contribution in [0, 0.1) is 0 Å². The van der Waals surface area contributed by atoms with Crippen LogP contribution in [0.4, 0.5) is 5.69 Å². The zero-order valence-electron chi connectivity index (χ0n) is 15.8. The minimum Gasteiger partial charge on any atom is -0.495 e. The zero-order valence-corrected chi connectivity index (χ0v) is 16.6. The first kappa shape index (κ1) is 20.2. The largest absolute Gasteiger partial charge is 0.495 e. The van der Waals surface area contributed by atoms with Crippen LogP contribution >= 0.6 is 11.3 Å². The summed E-state index contributed by atoms with van der Waals surface area (Å²) in [5, 5.41) is 2.75. The van der Waals surface area contributed by atoms with Crippen LogP contribution in [0.1, 0.15) is 5.56 Å². The van der Waals surface area contributed by atoms with Gasteiger partial charge in [0.15, 0.2) is 0 Å². The molecular weight excluding hydrogens is 388 g/mol. The lowest BCUT2D eigenvalue weighted by Gasteiger charge is -2.07. The van der Waals surface area contributed by atoms with Gasteiger partial charge in [-0.25, -0.2) is 0 Å². The molecule has 1 aromatic heterocycles. The van der Waals surface area contributed by atoms with E-state index in [4.69, 9.17) is 9.47 Å². The smallest absolute Gasteiger partial charge is 0.266 e. The number of rotatable bonds is 7. The van der Waals surface area contributed by atoms with Crippen molar-refractivity contribution in [2.75, 3.05) is 19.0 Å². The SMILES string of the molecule is C=CCOc1ccc(C=c2sc(=CC(=O)Nc3ccccc3OC)[nH]c2=O)cc1. The van der Waals surface area contributed by atoms with Gasteiger partial charge in [-0.05, 0) is 35.9 Å². The van der Waals surface area contributed by atoms with Gasteiger partial charge >= 0.3 is 0 Å². The van der Waals surface area contributed by atoms with Crippen molar-refractivity contribution in [2.45, 2.75) is 0 Å². The van der Waals surface area contributed by atoms with Gasteiger partial charge in [0.05, 0.1) is 17.3 Å². The molecule has 0 spiro atoms. The van der Waals surface area contributed by atoms with E-state index in [-0.39, 0.29) is 11.5 Å². The number of benzene rings is 2. The monoisotopic (exact) mass is 408 g/mol. The quantitative estimate of drug-likeness (QED) is 0.588. The molecule has 0 saturated heterocycles. The summed E-state index contributed by atoms with van der Waals surface area (Å²) in [6.45, 7) is 4.04. The molecule has 148 valence electrons. The number of para-hydroxylation sites is 2. The third-order valence-corrected chi connectivity index (χ3v) is 4.82. The number of aromatic nitrogens is 1. The summed E-state index contributed by atoms with van der Waals surface area (Å²) in [6.07, 6.45) is 4.78. The number of thiazole rings is 1. The van der Waals surface area contributed by atoms with Gasteiger partial charge in [0.2, 0.25) is 0 Å². The van der Waals surface area contributed by atoms with Crippen LogP contribution in [0.25, 0.3) is 12.2 Å². The highest BCUT2D eigenvalue weighted by molar-refractivity contribution is 7.07. The summed E-state index contributed by atoms with van der Waals surface area (Å²) in [6, 6.07) is 14.5. The number of hydrogen-bond donors (Lipinski definition) is 2. The van der Waals surface area contributed by atoms with E-state index >= 15 is 0 Å². The molecule has 0 bridgehead atoms. The number of ether oxygens (including phenoxy) is 2. The van der Waals surface area contributed by atoms with Crippen LogP contribution in [-0.2, 0) is 4.79 Å². The summed E-state index contributed by atoms with van der Waals surface area (Å²) in [7, 11) is 1.53. The van der Waals surface area contributed by atoms with Gasteiger partial charge in [-0.15, -0.1) is 11.3 Å². The predicted octanol–water partition coefficient (Wildman–Crippen LogP) is 2.26. The number of methoxy groups -OCH3 is 1. The maximum Gasteiger partial charge on any atom is 0.266 e. The van der Waals surface area contributed by atoms with Gasteiger partial charge in [0.1, 0.15) is 22.8 Å². The van der Waals surface area contributed by atoms with Crippen LogP contribution in [-0.4, -0.2) is 24.6 Å². The number of anilines is 1. The molecule has 2 aromatic carbocycles. The molecule has 3 aromatic rings. The molecule has 0 aliphatic rings. The highest BCUT2D eigenvalue weighted by Gasteiger charge is 2.05. The fourth-order valence-corrected chi connectivity index (χ4v) is 3.41. The normalized spacial score (nSPS) is 11.9. The topological polar surface area (TPSA) is 80.4 Å². The Balaban J connectivity index is 1.80. The van der Waals surface area contributed by atoms with E-state index in [9.17, 15) is 9.59 Å². The standard InChI is InChI=1S/C22H20N2O4S/c1-3-12-28-16-10-8-15(9-11-16)13-19-22(26)24-21(29-19)14-20(25)23-17-6-4-5-7-18(17)27-2/h3-11,13-14H,1,12H2,2H3,(H,23,25)(H,24,26). The first-order valence-corrected chi connectivity index (χ1v) is 9.61. The van der Waals surface area contributed by atoms with Gasteiger partial charge in [-0.1, -0.05) is 36.9 Å². The lowest BCUT2D eigenvalue weighted by Crippen LogP contribution is -2.20. The Morgan fingerprint density at radius 2 is 1.97 bits per heavy atom. The second-order valence-electron chi connectivity index (χ2n) is 5.93. The molecule has 0 fully saturated rings. The molecular formula is C22H20N2O4S. The van der Waals surface area contributed by atoms with Crippen molar-refractivity contribution in [3.8, 4) is 11.5 Å². The van der Waals surface area contributed by atoms with Crippen molar-refractivity contribution in [1.29, 1.82) is 0 Å². The summed E-state index contributed by atoms with van der Waals surface area (Å²) in [5.74, 6) is 0.926. The second-order valence-corrected chi connectivity index (χ2v) is 7.02. The molecule has 3 rings (SSSR count). The third kappa shape index (κ3) is 5.46.